The topological polar surface area (TPSA) is 44.5 Å². The van der Waals surface area contributed by atoms with Gasteiger partial charge in [-0.25, -0.2) is 4.98 Å². The number of imidazole rings is 1. The summed E-state index contributed by atoms with van der Waals surface area (Å²) in [6.45, 7) is 6.70. The quantitative estimate of drug-likeness (QED) is 0.833. The average molecular weight is 264 g/mol. The van der Waals surface area contributed by atoms with Gasteiger partial charge in [0.05, 0.1) is 11.8 Å². The van der Waals surface area contributed by atoms with Gasteiger partial charge >= 0.3 is 0 Å². The van der Waals surface area contributed by atoms with Crippen LogP contribution in [0.1, 0.15) is 17.9 Å². The monoisotopic (exact) mass is 264 g/mol. The molecule has 1 atom stereocenters. The van der Waals surface area contributed by atoms with Crippen LogP contribution in [0.3, 0.4) is 0 Å². The highest BCUT2D eigenvalue weighted by Crippen LogP contribution is 2.15. The zero-order valence-corrected chi connectivity index (χ0v) is 11.8. The summed E-state index contributed by atoms with van der Waals surface area (Å²) in [7, 11) is 2.19. The molecule has 1 N–H and O–H groups in total. The fraction of sp³-hybridized carbons (Fsp3) is 0.786. The number of hydrogen-bond acceptors (Lipinski definition) is 4. The molecule has 1 aromatic heterocycles. The van der Waals surface area contributed by atoms with Gasteiger partial charge in [0.25, 0.3) is 0 Å². The zero-order valence-electron chi connectivity index (χ0n) is 11.8. The molecule has 0 bridgehead atoms. The standard InChI is InChI=1S/C14H24N4O/c1-16-6-8-17(9-7-16)4-2-12-11-18-5-3-13(19)10-14(18)15-12/h11,13,19H,2-10H2,1H3. The molecule has 0 saturated carbocycles. The number of rotatable bonds is 3. The number of fused-ring (bicyclic) bond motifs is 1. The summed E-state index contributed by atoms with van der Waals surface area (Å²) in [5, 5.41) is 9.66. The number of piperazine rings is 1. The van der Waals surface area contributed by atoms with E-state index in [9.17, 15) is 5.11 Å². The third-order valence-electron chi connectivity index (χ3n) is 4.31. The summed E-state index contributed by atoms with van der Waals surface area (Å²) in [6, 6.07) is 0. The van der Waals surface area contributed by atoms with E-state index < -0.39 is 0 Å². The Bertz CT molecular complexity index is 423. The maximum atomic E-state index is 9.66. The van der Waals surface area contributed by atoms with E-state index in [0.717, 1.165) is 31.8 Å². The van der Waals surface area contributed by atoms with Crippen LogP contribution in [-0.2, 0) is 19.4 Å². The van der Waals surface area contributed by atoms with Crippen molar-refractivity contribution >= 4 is 0 Å². The van der Waals surface area contributed by atoms with Crippen molar-refractivity contribution in [3.63, 3.8) is 0 Å². The van der Waals surface area contributed by atoms with Crippen molar-refractivity contribution in [3.05, 3.63) is 17.7 Å². The Kier molecular flexibility index (Phi) is 3.86. The SMILES string of the molecule is CN1CCN(CCc2cn3c(n2)CC(O)CC3)CC1. The van der Waals surface area contributed by atoms with E-state index in [2.05, 4.69) is 32.6 Å². The lowest BCUT2D eigenvalue weighted by molar-refractivity contribution is 0.141. The number of likely N-dealkylation sites (N-methyl/N-ethyl adjacent to an activating group) is 1. The van der Waals surface area contributed by atoms with E-state index in [0.29, 0.717) is 6.42 Å². The summed E-state index contributed by atoms with van der Waals surface area (Å²) >= 11 is 0. The minimum atomic E-state index is -0.194. The molecule has 1 saturated heterocycles. The predicted molar refractivity (Wildman–Crippen MR) is 74.2 cm³/mol. The molecule has 2 aliphatic heterocycles. The smallest absolute Gasteiger partial charge is 0.111 e. The van der Waals surface area contributed by atoms with Gasteiger partial charge < -0.3 is 19.5 Å². The minimum Gasteiger partial charge on any atom is -0.393 e. The van der Waals surface area contributed by atoms with Crippen molar-refractivity contribution in [3.8, 4) is 0 Å². The summed E-state index contributed by atoms with van der Waals surface area (Å²) < 4.78 is 2.21. The Hall–Kier alpha value is -0.910. The Morgan fingerprint density at radius 2 is 2.05 bits per heavy atom. The van der Waals surface area contributed by atoms with Crippen molar-refractivity contribution < 1.29 is 5.11 Å². The molecular formula is C14H24N4O. The van der Waals surface area contributed by atoms with E-state index >= 15 is 0 Å². The molecule has 1 fully saturated rings. The summed E-state index contributed by atoms with van der Waals surface area (Å²) in [5.41, 5.74) is 1.18. The third-order valence-corrected chi connectivity index (χ3v) is 4.31. The van der Waals surface area contributed by atoms with E-state index in [4.69, 9.17) is 0 Å². The zero-order chi connectivity index (χ0) is 13.2. The Morgan fingerprint density at radius 1 is 1.26 bits per heavy atom. The van der Waals surface area contributed by atoms with E-state index in [-0.39, 0.29) is 6.10 Å². The number of nitrogens with zero attached hydrogens (tertiary/aromatic N) is 4. The van der Waals surface area contributed by atoms with Gasteiger partial charge in [0.1, 0.15) is 5.82 Å². The highest BCUT2D eigenvalue weighted by Gasteiger charge is 2.19. The van der Waals surface area contributed by atoms with Crippen molar-refractivity contribution in [2.45, 2.75) is 31.9 Å². The average Bonchev–Trinajstić information content (AvgIpc) is 2.80. The highest BCUT2D eigenvalue weighted by molar-refractivity contribution is 5.08. The van der Waals surface area contributed by atoms with E-state index in [1.165, 1.54) is 31.9 Å². The molecule has 0 radical (unpaired) electrons. The molecule has 0 aliphatic carbocycles. The molecule has 5 heteroatoms. The fourth-order valence-electron chi connectivity index (χ4n) is 2.94. The summed E-state index contributed by atoms with van der Waals surface area (Å²) in [5.74, 6) is 1.06. The van der Waals surface area contributed by atoms with Gasteiger partial charge in [0.15, 0.2) is 0 Å². The first-order chi connectivity index (χ1) is 9.20. The molecular weight excluding hydrogens is 240 g/mol. The third kappa shape index (κ3) is 3.16. The number of aliphatic hydroxyl groups excluding tert-OH is 1. The Balaban J connectivity index is 1.53. The maximum Gasteiger partial charge on any atom is 0.111 e. The number of hydrogen-bond donors (Lipinski definition) is 1. The van der Waals surface area contributed by atoms with E-state index in [1.54, 1.807) is 0 Å². The van der Waals surface area contributed by atoms with Gasteiger partial charge in [0.2, 0.25) is 0 Å². The van der Waals surface area contributed by atoms with Crippen molar-refractivity contribution in [1.82, 2.24) is 19.4 Å². The lowest BCUT2D eigenvalue weighted by Gasteiger charge is -2.32. The van der Waals surface area contributed by atoms with Gasteiger partial charge in [0, 0.05) is 58.3 Å². The Labute approximate surface area is 114 Å². The van der Waals surface area contributed by atoms with Crippen LogP contribution >= 0.6 is 0 Å². The molecule has 1 unspecified atom stereocenters. The minimum absolute atomic E-state index is 0.194. The van der Waals surface area contributed by atoms with Crippen LogP contribution in [0, 0.1) is 0 Å². The number of aromatic nitrogens is 2. The van der Waals surface area contributed by atoms with Crippen molar-refractivity contribution in [2.24, 2.45) is 0 Å². The molecule has 2 aliphatic rings. The normalized spacial score (nSPS) is 25.5. The second-order valence-electron chi connectivity index (χ2n) is 5.88. The van der Waals surface area contributed by atoms with Crippen molar-refractivity contribution in [1.29, 1.82) is 0 Å². The number of aryl methyl sites for hydroxylation is 1. The lowest BCUT2D eigenvalue weighted by atomic mass is 10.1. The van der Waals surface area contributed by atoms with Gasteiger partial charge in [-0.3, -0.25) is 0 Å². The van der Waals surface area contributed by atoms with Crippen LogP contribution in [0.2, 0.25) is 0 Å². The first kappa shape index (κ1) is 13.1. The first-order valence-corrected chi connectivity index (χ1v) is 7.34. The van der Waals surface area contributed by atoms with Gasteiger partial charge in [-0.15, -0.1) is 0 Å². The molecule has 3 rings (SSSR count). The summed E-state index contributed by atoms with van der Waals surface area (Å²) in [6.07, 6.45) is 4.59. The molecule has 0 amide bonds. The summed E-state index contributed by atoms with van der Waals surface area (Å²) in [4.78, 5) is 9.57. The second kappa shape index (κ2) is 5.61. The van der Waals surface area contributed by atoms with Crippen LogP contribution < -0.4 is 0 Å². The van der Waals surface area contributed by atoms with Crippen LogP contribution in [-0.4, -0.2) is 70.3 Å². The molecule has 3 heterocycles. The Morgan fingerprint density at radius 3 is 2.84 bits per heavy atom. The van der Waals surface area contributed by atoms with Gasteiger partial charge in [-0.1, -0.05) is 0 Å². The lowest BCUT2D eigenvalue weighted by Crippen LogP contribution is -2.45. The molecule has 106 valence electrons. The van der Waals surface area contributed by atoms with Crippen LogP contribution in [0.5, 0.6) is 0 Å². The first-order valence-electron chi connectivity index (χ1n) is 7.34. The molecule has 1 aromatic rings. The maximum absolute atomic E-state index is 9.66. The highest BCUT2D eigenvalue weighted by atomic mass is 16.3. The predicted octanol–water partition coefficient (Wildman–Crippen LogP) is -0.0199. The fourth-order valence-corrected chi connectivity index (χ4v) is 2.94. The molecule has 5 nitrogen and oxygen atoms in total. The molecule has 0 aromatic carbocycles. The van der Waals surface area contributed by atoms with E-state index in [1.807, 2.05) is 0 Å². The van der Waals surface area contributed by atoms with Gasteiger partial charge in [-0.2, -0.15) is 0 Å². The number of aliphatic hydroxyl groups is 1. The van der Waals surface area contributed by atoms with Crippen LogP contribution in [0.25, 0.3) is 0 Å². The van der Waals surface area contributed by atoms with Gasteiger partial charge in [-0.05, 0) is 13.5 Å². The second-order valence-corrected chi connectivity index (χ2v) is 5.88. The molecule has 0 spiro atoms. The van der Waals surface area contributed by atoms with Crippen LogP contribution in [0.15, 0.2) is 6.20 Å². The molecule has 19 heavy (non-hydrogen) atoms. The van der Waals surface area contributed by atoms with Crippen molar-refractivity contribution in [2.75, 3.05) is 39.8 Å². The van der Waals surface area contributed by atoms with Crippen LogP contribution in [0.4, 0.5) is 0 Å². The largest absolute Gasteiger partial charge is 0.393 e.